The molecule has 0 aliphatic heterocycles. The molecule has 0 aliphatic carbocycles. The fourth-order valence-corrected chi connectivity index (χ4v) is 2.85. The maximum atomic E-state index is 12.0. The molecular formula is C13H23N3O2S. The summed E-state index contributed by atoms with van der Waals surface area (Å²) in [5, 5.41) is 0. The van der Waals surface area contributed by atoms with E-state index in [0.29, 0.717) is 17.4 Å². The minimum absolute atomic E-state index is 0.309. The van der Waals surface area contributed by atoms with Gasteiger partial charge in [0.15, 0.2) is 0 Å². The van der Waals surface area contributed by atoms with Crippen LogP contribution in [0.3, 0.4) is 0 Å². The number of para-hydroxylation sites is 1. The number of hydrogen-bond acceptors (Lipinski definition) is 4. The molecule has 5 nitrogen and oxygen atoms in total. The topological polar surface area (TPSA) is 75.4 Å². The van der Waals surface area contributed by atoms with Gasteiger partial charge in [0, 0.05) is 13.1 Å². The van der Waals surface area contributed by atoms with Gasteiger partial charge in [0.05, 0.1) is 5.69 Å². The summed E-state index contributed by atoms with van der Waals surface area (Å²) in [5.74, 6) is 0.310. The molecule has 0 saturated heterocycles. The van der Waals surface area contributed by atoms with Crippen LogP contribution >= 0.6 is 0 Å². The summed E-state index contributed by atoms with van der Waals surface area (Å²) < 4.78 is 26.4. The van der Waals surface area contributed by atoms with E-state index in [0.717, 1.165) is 18.8 Å². The standard InChI is InChI=1S/C13H23N3O2S/c1-4-16(10-11(2)9-14)12-7-5-6-8-13(12)19(17,18)15-3/h5-8,11,15H,4,9-10,14H2,1-3H3. The summed E-state index contributed by atoms with van der Waals surface area (Å²) in [4.78, 5) is 2.35. The maximum absolute atomic E-state index is 12.0. The molecule has 0 aliphatic rings. The zero-order valence-corrected chi connectivity index (χ0v) is 12.6. The second-order valence-corrected chi connectivity index (χ2v) is 6.41. The highest BCUT2D eigenvalue weighted by Crippen LogP contribution is 2.25. The molecular weight excluding hydrogens is 262 g/mol. The van der Waals surface area contributed by atoms with Gasteiger partial charge in [-0.15, -0.1) is 0 Å². The number of anilines is 1. The van der Waals surface area contributed by atoms with E-state index in [-0.39, 0.29) is 0 Å². The van der Waals surface area contributed by atoms with Crippen molar-refractivity contribution in [2.24, 2.45) is 11.7 Å². The van der Waals surface area contributed by atoms with E-state index >= 15 is 0 Å². The lowest BCUT2D eigenvalue weighted by Gasteiger charge is -2.27. The van der Waals surface area contributed by atoms with Crippen LogP contribution < -0.4 is 15.4 Å². The lowest BCUT2D eigenvalue weighted by Crippen LogP contribution is -2.33. The summed E-state index contributed by atoms with van der Waals surface area (Å²) in [6, 6.07) is 7.03. The van der Waals surface area contributed by atoms with Crippen LogP contribution in [0.15, 0.2) is 29.2 Å². The van der Waals surface area contributed by atoms with Crippen LogP contribution in [0.1, 0.15) is 13.8 Å². The molecule has 0 spiro atoms. The Bertz CT molecular complexity index is 502. The Balaban J connectivity index is 3.18. The Kier molecular flexibility index (Phi) is 5.78. The summed E-state index contributed by atoms with van der Waals surface area (Å²) in [6.45, 7) is 6.12. The van der Waals surface area contributed by atoms with Crippen LogP contribution in [0.4, 0.5) is 5.69 Å². The largest absolute Gasteiger partial charge is 0.370 e. The number of nitrogens with two attached hydrogens (primary N) is 1. The molecule has 0 aromatic heterocycles. The van der Waals surface area contributed by atoms with Gasteiger partial charge in [-0.3, -0.25) is 0 Å². The molecule has 1 unspecified atom stereocenters. The second-order valence-electron chi connectivity index (χ2n) is 4.55. The first-order valence-corrected chi connectivity index (χ1v) is 7.92. The molecule has 19 heavy (non-hydrogen) atoms. The highest BCUT2D eigenvalue weighted by Gasteiger charge is 2.20. The molecule has 1 rings (SSSR count). The van der Waals surface area contributed by atoms with Crippen molar-refractivity contribution < 1.29 is 8.42 Å². The van der Waals surface area contributed by atoms with Crippen LogP contribution in [0.2, 0.25) is 0 Å². The molecule has 0 heterocycles. The van der Waals surface area contributed by atoms with E-state index < -0.39 is 10.0 Å². The molecule has 0 radical (unpaired) electrons. The highest BCUT2D eigenvalue weighted by molar-refractivity contribution is 7.89. The van der Waals surface area contributed by atoms with Crippen LogP contribution in [0, 0.1) is 5.92 Å². The lowest BCUT2D eigenvalue weighted by atomic mass is 10.1. The third kappa shape index (κ3) is 3.92. The summed E-state index contributed by atoms with van der Waals surface area (Å²) in [5.41, 5.74) is 6.37. The Labute approximate surface area is 115 Å². The quantitative estimate of drug-likeness (QED) is 0.784. The first-order chi connectivity index (χ1) is 8.96. The minimum atomic E-state index is -3.45. The van der Waals surface area contributed by atoms with Gasteiger partial charge in [0.25, 0.3) is 0 Å². The normalized spacial score (nSPS) is 13.3. The predicted octanol–water partition coefficient (Wildman–Crippen LogP) is 1.02. The molecule has 0 amide bonds. The number of nitrogens with zero attached hydrogens (tertiary/aromatic N) is 1. The number of hydrogen-bond donors (Lipinski definition) is 2. The zero-order valence-electron chi connectivity index (χ0n) is 11.8. The van der Waals surface area contributed by atoms with Gasteiger partial charge in [-0.05, 0) is 38.6 Å². The molecule has 1 aromatic rings. The molecule has 0 bridgehead atoms. The van der Waals surface area contributed by atoms with E-state index in [1.807, 2.05) is 24.0 Å². The molecule has 1 aromatic carbocycles. The smallest absolute Gasteiger partial charge is 0.242 e. The molecule has 0 fully saturated rings. The average Bonchev–Trinajstić information content (AvgIpc) is 2.44. The maximum Gasteiger partial charge on any atom is 0.242 e. The number of nitrogens with one attached hydrogen (secondary N) is 1. The molecule has 6 heteroatoms. The summed E-state index contributed by atoms with van der Waals surface area (Å²) >= 11 is 0. The van der Waals surface area contributed by atoms with Gasteiger partial charge in [0.2, 0.25) is 10.0 Å². The van der Waals surface area contributed by atoms with Crippen molar-refractivity contribution in [1.29, 1.82) is 0 Å². The van der Waals surface area contributed by atoms with Crippen molar-refractivity contribution in [3.05, 3.63) is 24.3 Å². The average molecular weight is 285 g/mol. The lowest BCUT2D eigenvalue weighted by molar-refractivity contribution is 0.569. The molecule has 108 valence electrons. The Hall–Kier alpha value is -1.11. The molecule has 0 saturated carbocycles. The summed E-state index contributed by atoms with van der Waals surface area (Å²) in [7, 11) is -2.03. The third-order valence-corrected chi connectivity index (χ3v) is 4.54. The van der Waals surface area contributed by atoms with Crippen molar-refractivity contribution in [2.75, 3.05) is 31.6 Å². The third-order valence-electron chi connectivity index (χ3n) is 3.08. The SMILES string of the molecule is CCN(CC(C)CN)c1ccccc1S(=O)(=O)NC. The van der Waals surface area contributed by atoms with Crippen molar-refractivity contribution in [3.8, 4) is 0 Å². The highest BCUT2D eigenvalue weighted by atomic mass is 32.2. The predicted molar refractivity (Wildman–Crippen MR) is 78.8 cm³/mol. The van der Waals surface area contributed by atoms with Gasteiger partial charge < -0.3 is 10.6 Å². The second kappa shape index (κ2) is 6.88. The van der Waals surface area contributed by atoms with Gasteiger partial charge in [-0.2, -0.15) is 0 Å². The first kappa shape index (κ1) is 15.9. The fourth-order valence-electron chi connectivity index (χ4n) is 1.90. The van der Waals surface area contributed by atoms with Crippen LogP contribution in [-0.2, 0) is 10.0 Å². The number of sulfonamides is 1. The van der Waals surface area contributed by atoms with E-state index in [1.165, 1.54) is 7.05 Å². The molecule has 1 atom stereocenters. The Morgan fingerprint density at radius 1 is 1.37 bits per heavy atom. The Morgan fingerprint density at radius 2 is 2.00 bits per heavy atom. The molecule has 3 N–H and O–H groups in total. The number of benzene rings is 1. The van der Waals surface area contributed by atoms with Crippen molar-refractivity contribution in [2.45, 2.75) is 18.7 Å². The van der Waals surface area contributed by atoms with Gasteiger partial charge in [-0.25, -0.2) is 13.1 Å². The van der Waals surface area contributed by atoms with Gasteiger partial charge in [-0.1, -0.05) is 19.1 Å². The van der Waals surface area contributed by atoms with Crippen molar-refractivity contribution in [1.82, 2.24) is 4.72 Å². The summed E-state index contributed by atoms with van der Waals surface area (Å²) in [6.07, 6.45) is 0. The van der Waals surface area contributed by atoms with Crippen molar-refractivity contribution in [3.63, 3.8) is 0 Å². The van der Waals surface area contributed by atoms with Crippen LogP contribution in [-0.4, -0.2) is 35.1 Å². The van der Waals surface area contributed by atoms with E-state index in [1.54, 1.807) is 12.1 Å². The van der Waals surface area contributed by atoms with E-state index in [4.69, 9.17) is 5.73 Å². The van der Waals surface area contributed by atoms with Gasteiger partial charge >= 0.3 is 0 Å². The zero-order chi connectivity index (χ0) is 14.5. The van der Waals surface area contributed by atoms with E-state index in [9.17, 15) is 8.42 Å². The minimum Gasteiger partial charge on any atom is -0.370 e. The fraction of sp³-hybridized carbons (Fsp3) is 0.538. The number of rotatable bonds is 7. The van der Waals surface area contributed by atoms with Crippen LogP contribution in [0.25, 0.3) is 0 Å². The Morgan fingerprint density at radius 3 is 2.53 bits per heavy atom. The van der Waals surface area contributed by atoms with Crippen molar-refractivity contribution >= 4 is 15.7 Å². The van der Waals surface area contributed by atoms with Crippen LogP contribution in [0.5, 0.6) is 0 Å². The van der Waals surface area contributed by atoms with E-state index in [2.05, 4.69) is 11.6 Å². The van der Waals surface area contributed by atoms with Gasteiger partial charge in [0.1, 0.15) is 4.90 Å². The monoisotopic (exact) mass is 285 g/mol. The first-order valence-electron chi connectivity index (χ1n) is 6.43.